The van der Waals surface area contributed by atoms with E-state index in [1.54, 1.807) is 6.92 Å². The van der Waals surface area contributed by atoms with E-state index in [4.69, 9.17) is 0 Å². The summed E-state index contributed by atoms with van der Waals surface area (Å²) in [6.07, 6.45) is 6.49. The molecule has 0 aliphatic heterocycles. The molecule has 4 heteroatoms. The van der Waals surface area contributed by atoms with Crippen molar-refractivity contribution >= 4 is 5.78 Å². The highest BCUT2D eigenvalue weighted by Gasteiger charge is 2.70. The molecule has 0 spiro atoms. The highest BCUT2D eigenvalue weighted by molar-refractivity contribution is 5.80. The van der Waals surface area contributed by atoms with Crippen LogP contribution in [0.5, 0.6) is 0 Å². The van der Waals surface area contributed by atoms with E-state index in [0.717, 1.165) is 25.7 Å². The van der Waals surface area contributed by atoms with Gasteiger partial charge in [0, 0.05) is 11.3 Å². The van der Waals surface area contributed by atoms with Gasteiger partial charge in [-0.2, -0.15) is 0 Å². The smallest absolute Gasteiger partial charge is 0.133 e. The van der Waals surface area contributed by atoms with Crippen LogP contribution in [0.15, 0.2) is 11.6 Å². The number of carbonyl (C=O) groups excluding carboxylic acids is 1. The Morgan fingerprint density at radius 2 is 1.88 bits per heavy atom. The number of rotatable bonds is 1. The molecule has 4 rings (SSSR count). The molecule has 3 fully saturated rings. The summed E-state index contributed by atoms with van der Waals surface area (Å²) in [6, 6.07) is 0. The van der Waals surface area contributed by atoms with E-state index in [9.17, 15) is 20.1 Å². The fourth-order valence-corrected chi connectivity index (χ4v) is 7.24. The summed E-state index contributed by atoms with van der Waals surface area (Å²) in [4.78, 5) is 12.2. The number of hydrogen-bond donors (Lipinski definition) is 3. The minimum Gasteiger partial charge on any atom is -0.393 e. The lowest BCUT2D eigenvalue weighted by Gasteiger charge is -2.62. The maximum atomic E-state index is 12.2. The molecular weight excluding hydrogens is 316 g/mol. The van der Waals surface area contributed by atoms with E-state index < -0.39 is 17.1 Å². The van der Waals surface area contributed by atoms with E-state index >= 15 is 0 Å². The number of fused-ring (bicyclic) bond motifs is 5. The quantitative estimate of drug-likeness (QED) is 0.637. The number of carbonyl (C=O) groups is 1. The predicted molar refractivity (Wildman–Crippen MR) is 94.7 cm³/mol. The van der Waals surface area contributed by atoms with Gasteiger partial charge in [0.1, 0.15) is 5.78 Å². The number of Topliss-reactive ketones (excluding diaryl/α,β-unsaturated/α-hetero) is 1. The van der Waals surface area contributed by atoms with Crippen molar-refractivity contribution in [1.82, 2.24) is 0 Å². The molecule has 140 valence electrons. The van der Waals surface area contributed by atoms with Crippen LogP contribution in [0.1, 0.15) is 65.7 Å². The van der Waals surface area contributed by atoms with Crippen LogP contribution in [-0.4, -0.2) is 38.9 Å². The lowest BCUT2D eigenvalue weighted by Crippen LogP contribution is -2.66. The number of aliphatic hydroxyl groups is 3. The van der Waals surface area contributed by atoms with Gasteiger partial charge in [-0.1, -0.05) is 25.5 Å². The standard InChI is InChI=1S/C21H32O4/c1-12(22)15-7-9-21(25)16-5-4-13-10-14(23)6-8-19(13,2)17(16)11-18(24)20(15,21)3/h4,14-18,23-25H,5-11H2,1-3H3/t14-,15+,16+,17-,18+,19+,20+,21-/m0/s1. The van der Waals surface area contributed by atoms with Crippen molar-refractivity contribution in [3.05, 3.63) is 11.6 Å². The van der Waals surface area contributed by atoms with Gasteiger partial charge >= 0.3 is 0 Å². The van der Waals surface area contributed by atoms with Gasteiger partial charge in [-0.3, -0.25) is 4.79 Å². The number of allylic oxidation sites excluding steroid dienone is 1. The second-order valence-corrected chi connectivity index (χ2v) is 9.65. The number of ketones is 1. The van der Waals surface area contributed by atoms with E-state index in [1.165, 1.54) is 5.57 Å². The van der Waals surface area contributed by atoms with Gasteiger partial charge in [-0.25, -0.2) is 0 Å². The summed E-state index contributed by atoms with van der Waals surface area (Å²) in [6.45, 7) is 5.81. The maximum Gasteiger partial charge on any atom is 0.133 e. The summed E-state index contributed by atoms with van der Waals surface area (Å²) in [5.74, 6) is 0.155. The van der Waals surface area contributed by atoms with Gasteiger partial charge in [0.25, 0.3) is 0 Å². The molecule has 8 atom stereocenters. The van der Waals surface area contributed by atoms with Crippen molar-refractivity contribution in [2.75, 3.05) is 0 Å². The highest BCUT2D eigenvalue weighted by Crippen LogP contribution is 2.67. The van der Waals surface area contributed by atoms with Crippen LogP contribution in [-0.2, 0) is 4.79 Å². The normalized spacial score (nSPS) is 55.0. The van der Waals surface area contributed by atoms with Crippen molar-refractivity contribution in [1.29, 1.82) is 0 Å². The first-order valence-corrected chi connectivity index (χ1v) is 9.93. The minimum atomic E-state index is -0.979. The molecule has 0 aromatic heterocycles. The summed E-state index contributed by atoms with van der Waals surface area (Å²) >= 11 is 0. The zero-order valence-corrected chi connectivity index (χ0v) is 15.7. The molecule has 3 saturated carbocycles. The second-order valence-electron chi connectivity index (χ2n) is 9.65. The minimum absolute atomic E-state index is 0.0471. The molecule has 4 aliphatic rings. The van der Waals surface area contributed by atoms with Crippen LogP contribution in [0.3, 0.4) is 0 Å². The average Bonchev–Trinajstić information content (AvgIpc) is 2.83. The molecule has 0 aromatic rings. The molecule has 0 amide bonds. The monoisotopic (exact) mass is 348 g/mol. The van der Waals surface area contributed by atoms with Crippen LogP contribution in [0.4, 0.5) is 0 Å². The summed E-state index contributed by atoms with van der Waals surface area (Å²) in [7, 11) is 0. The fraction of sp³-hybridized carbons (Fsp3) is 0.857. The fourth-order valence-electron chi connectivity index (χ4n) is 7.24. The average molecular weight is 348 g/mol. The van der Waals surface area contributed by atoms with Gasteiger partial charge in [0.15, 0.2) is 0 Å². The molecule has 0 radical (unpaired) electrons. The Bertz CT molecular complexity index is 627. The molecule has 0 aromatic carbocycles. The van der Waals surface area contributed by atoms with E-state index in [-0.39, 0.29) is 35.1 Å². The summed E-state index contributed by atoms with van der Waals surface area (Å²) in [5.41, 5.74) is -0.454. The van der Waals surface area contributed by atoms with Crippen molar-refractivity contribution in [2.24, 2.45) is 28.6 Å². The Morgan fingerprint density at radius 3 is 2.56 bits per heavy atom. The Hall–Kier alpha value is -0.710. The molecule has 0 heterocycles. The SMILES string of the molecule is CC(=O)[C@H]1CC[C@]2(O)[C@@H]3CC=C4C[C@@H](O)CC[C@@]4(C)[C@H]3C[C@@H](O)[C@@]12C. The Morgan fingerprint density at radius 1 is 1.16 bits per heavy atom. The molecular formula is C21H32O4. The lowest BCUT2D eigenvalue weighted by atomic mass is 9.45. The van der Waals surface area contributed by atoms with Gasteiger partial charge in [-0.15, -0.1) is 0 Å². The maximum absolute atomic E-state index is 12.2. The van der Waals surface area contributed by atoms with Gasteiger partial charge in [0.05, 0.1) is 17.8 Å². The molecule has 4 nitrogen and oxygen atoms in total. The van der Waals surface area contributed by atoms with Crippen molar-refractivity contribution in [2.45, 2.75) is 83.5 Å². The van der Waals surface area contributed by atoms with Crippen LogP contribution in [0, 0.1) is 28.6 Å². The third-order valence-electron chi connectivity index (χ3n) is 8.85. The van der Waals surface area contributed by atoms with Crippen LogP contribution >= 0.6 is 0 Å². The Labute approximate surface area is 150 Å². The van der Waals surface area contributed by atoms with Gasteiger partial charge in [0.2, 0.25) is 0 Å². The molecule has 3 N–H and O–H groups in total. The molecule has 4 aliphatic carbocycles. The largest absolute Gasteiger partial charge is 0.393 e. The molecule has 25 heavy (non-hydrogen) atoms. The van der Waals surface area contributed by atoms with Crippen LogP contribution in [0.2, 0.25) is 0 Å². The van der Waals surface area contributed by atoms with Crippen molar-refractivity contribution < 1.29 is 20.1 Å². The van der Waals surface area contributed by atoms with Crippen LogP contribution < -0.4 is 0 Å². The van der Waals surface area contributed by atoms with Gasteiger partial charge in [-0.05, 0) is 69.1 Å². The number of hydrogen-bond acceptors (Lipinski definition) is 4. The topological polar surface area (TPSA) is 77.8 Å². The first-order valence-electron chi connectivity index (χ1n) is 9.93. The second kappa shape index (κ2) is 5.40. The first kappa shape index (κ1) is 17.7. The molecule has 0 unspecified atom stereocenters. The Balaban J connectivity index is 1.77. The van der Waals surface area contributed by atoms with E-state index in [0.29, 0.717) is 19.3 Å². The summed E-state index contributed by atoms with van der Waals surface area (Å²) < 4.78 is 0. The Kier molecular flexibility index (Phi) is 3.82. The highest BCUT2D eigenvalue weighted by atomic mass is 16.3. The number of aliphatic hydroxyl groups excluding tert-OH is 2. The molecule has 0 saturated heterocycles. The lowest BCUT2D eigenvalue weighted by molar-refractivity contribution is -0.224. The van der Waals surface area contributed by atoms with E-state index in [1.807, 2.05) is 6.92 Å². The van der Waals surface area contributed by atoms with Crippen molar-refractivity contribution in [3.8, 4) is 0 Å². The molecule has 0 bridgehead atoms. The zero-order valence-electron chi connectivity index (χ0n) is 15.7. The third-order valence-corrected chi connectivity index (χ3v) is 8.85. The van der Waals surface area contributed by atoms with E-state index in [2.05, 4.69) is 13.0 Å². The third kappa shape index (κ3) is 2.08. The van der Waals surface area contributed by atoms with Crippen LogP contribution in [0.25, 0.3) is 0 Å². The first-order chi connectivity index (χ1) is 11.6. The predicted octanol–water partition coefficient (Wildman–Crippen LogP) is 2.60. The zero-order chi connectivity index (χ0) is 18.2. The van der Waals surface area contributed by atoms with Crippen molar-refractivity contribution in [3.63, 3.8) is 0 Å². The van der Waals surface area contributed by atoms with Gasteiger partial charge < -0.3 is 15.3 Å². The summed E-state index contributed by atoms with van der Waals surface area (Å²) in [5, 5.41) is 33.0.